The van der Waals surface area contributed by atoms with E-state index in [4.69, 9.17) is 0 Å². The van der Waals surface area contributed by atoms with Crippen LogP contribution in [0, 0.1) is 0 Å². The summed E-state index contributed by atoms with van der Waals surface area (Å²) in [7, 11) is 0. The molecule has 132 valence electrons. The van der Waals surface area contributed by atoms with Crippen LogP contribution in [0.3, 0.4) is 0 Å². The van der Waals surface area contributed by atoms with Gasteiger partial charge in [0.25, 0.3) is 5.91 Å². The number of rotatable bonds is 7. The highest BCUT2D eigenvalue weighted by Crippen LogP contribution is 2.12. The second kappa shape index (κ2) is 8.76. The van der Waals surface area contributed by atoms with E-state index in [0.29, 0.717) is 11.5 Å². The first-order valence-corrected chi connectivity index (χ1v) is 8.74. The molecule has 0 fully saturated rings. The van der Waals surface area contributed by atoms with E-state index >= 15 is 0 Å². The zero-order valence-electron chi connectivity index (χ0n) is 14.8. The van der Waals surface area contributed by atoms with Gasteiger partial charge in [0.2, 0.25) is 0 Å². The first-order valence-electron chi connectivity index (χ1n) is 8.74. The molecule has 1 aromatic heterocycles. The van der Waals surface area contributed by atoms with Crippen LogP contribution in [-0.2, 0) is 12.8 Å². The van der Waals surface area contributed by atoms with Crippen molar-refractivity contribution < 1.29 is 4.79 Å². The molecule has 5 nitrogen and oxygen atoms in total. The predicted octanol–water partition coefficient (Wildman–Crippen LogP) is 3.95. The van der Waals surface area contributed by atoms with Gasteiger partial charge in [0.1, 0.15) is 17.8 Å². The molecule has 0 saturated heterocycles. The van der Waals surface area contributed by atoms with E-state index in [1.165, 1.54) is 17.5 Å². The number of nitrogens with one attached hydrogen (secondary N) is 2. The van der Waals surface area contributed by atoms with Crippen molar-refractivity contribution in [1.29, 1.82) is 0 Å². The Hall–Kier alpha value is -3.21. The second-order valence-electron chi connectivity index (χ2n) is 5.96. The first-order chi connectivity index (χ1) is 12.7. The average Bonchev–Trinajstić information content (AvgIpc) is 2.69. The normalized spacial score (nSPS) is 10.3. The van der Waals surface area contributed by atoms with Crippen LogP contribution in [0.5, 0.6) is 0 Å². The van der Waals surface area contributed by atoms with E-state index in [-0.39, 0.29) is 5.91 Å². The minimum atomic E-state index is -0.247. The van der Waals surface area contributed by atoms with Crippen molar-refractivity contribution in [3.8, 4) is 0 Å². The Morgan fingerprint density at radius 3 is 2.46 bits per heavy atom. The highest BCUT2D eigenvalue weighted by Gasteiger charge is 2.09. The summed E-state index contributed by atoms with van der Waals surface area (Å²) in [6.45, 7) is 2.83. The largest absolute Gasteiger partial charge is 0.370 e. The van der Waals surface area contributed by atoms with Crippen molar-refractivity contribution in [3.63, 3.8) is 0 Å². The highest BCUT2D eigenvalue weighted by molar-refractivity contribution is 6.03. The Kier molecular flexibility index (Phi) is 5.93. The Bertz CT molecular complexity index is 847. The summed E-state index contributed by atoms with van der Waals surface area (Å²) in [4.78, 5) is 20.6. The van der Waals surface area contributed by atoms with Crippen molar-refractivity contribution in [3.05, 3.63) is 83.8 Å². The third-order valence-corrected chi connectivity index (χ3v) is 4.08. The fourth-order valence-corrected chi connectivity index (χ4v) is 2.58. The number of hydrogen-bond donors (Lipinski definition) is 2. The Morgan fingerprint density at radius 1 is 0.962 bits per heavy atom. The fourth-order valence-electron chi connectivity index (χ4n) is 2.58. The lowest BCUT2D eigenvalue weighted by Crippen LogP contribution is -2.15. The van der Waals surface area contributed by atoms with Crippen LogP contribution in [0.2, 0.25) is 0 Å². The zero-order valence-corrected chi connectivity index (χ0v) is 14.8. The molecule has 0 radical (unpaired) electrons. The van der Waals surface area contributed by atoms with Crippen molar-refractivity contribution in [2.24, 2.45) is 0 Å². The Balaban J connectivity index is 1.57. The maximum atomic E-state index is 12.4. The quantitative estimate of drug-likeness (QED) is 0.680. The molecular formula is C21H22N4O. The predicted molar refractivity (Wildman–Crippen MR) is 104 cm³/mol. The maximum absolute atomic E-state index is 12.4. The lowest BCUT2D eigenvalue weighted by molar-refractivity contribution is 0.102. The molecule has 2 N–H and O–H groups in total. The third kappa shape index (κ3) is 4.89. The number of nitrogens with zero attached hydrogens (tertiary/aromatic N) is 2. The summed E-state index contributed by atoms with van der Waals surface area (Å²) >= 11 is 0. The molecule has 2 aromatic carbocycles. The van der Waals surface area contributed by atoms with Gasteiger partial charge in [-0.25, -0.2) is 9.97 Å². The number of hydrogen-bond acceptors (Lipinski definition) is 4. The van der Waals surface area contributed by atoms with E-state index in [1.54, 1.807) is 6.07 Å². The standard InChI is InChI=1S/C21H22N4O/c1-2-16-8-10-18(11-9-16)25-21(26)19-14-20(24-15-23-19)22-13-12-17-6-4-3-5-7-17/h3-11,14-15H,2,12-13H2,1H3,(H,25,26)(H,22,23,24). The lowest BCUT2D eigenvalue weighted by Gasteiger charge is -2.08. The van der Waals surface area contributed by atoms with Gasteiger partial charge in [-0.3, -0.25) is 4.79 Å². The van der Waals surface area contributed by atoms with Crippen LogP contribution in [0.1, 0.15) is 28.5 Å². The average molecular weight is 346 g/mol. The van der Waals surface area contributed by atoms with Crippen molar-refractivity contribution in [2.75, 3.05) is 17.2 Å². The molecule has 26 heavy (non-hydrogen) atoms. The molecule has 0 aliphatic carbocycles. The van der Waals surface area contributed by atoms with Gasteiger partial charge in [0.05, 0.1) is 0 Å². The van der Waals surface area contributed by atoms with Gasteiger partial charge < -0.3 is 10.6 Å². The van der Waals surface area contributed by atoms with Crippen LogP contribution in [-0.4, -0.2) is 22.4 Å². The molecule has 0 atom stereocenters. The summed E-state index contributed by atoms with van der Waals surface area (Å²) in [6.07, 6.45) is 3.26. The molecular weight excluding hydrogens is 324 g/mol. The topological polar surface area (TPSA) is 66.9 Å². The van der Waals surface area contributed by atoms with Crippen molar-refractivity contribution in [2.45, 2.75) is 19.8 Å². The van der Waals surface area contributed by atoms with Crippen LogP contribution >= 0.6 is 0 Å². The van der Waals surface area contributed by atoms with E-state index in [9.17, 15) is 4.79 Å². The summed E-state index contributed by atoms with van der Waals surface area (Å²) < 4.78 is 0. The number of carbonyl (C=O) groups excluding carboxylic acids is 1. The van der Waals surface area contributed by atoms with Gasteiger partial charge in [0, 0.05) is 18.3 Å². The fraction of sp³-hybridized carbons (Fsp3) is 0.190. The monoisotopic (exact) mass is 346 g/mol. The van der Waals surface area contributed by atoms with Gasteiger partial charge in [-0.2, -0.15) is 0 Å². The highest BCUT2D eigenvalue weighted by atomic mass is 16.1. The van der Waals surface area contributed by atoms with E-state index in [2.05, 4.69) is 39.7 Å². The molecule has 3 aromatic rings. The molecule has 0 bridgehead atoms. The number of anilines is 2. The second-order valence-corrected chi connectivity index (χ2v) is 5.96. The maximum Gasteiger partial charge on any atom is 0.274 e. The van der Waals surface area contributed by atoms with Crippen LogP contribution < -0.4 is 10.6 Å². The first kappa shape index (κ1) is 17.6. The zero-order chi connectivity index (χ0) is 18.2. The number of amides is 1. The van der Waals surface area contributed by atoms with Crippen molar-refractivity contribution >= 4 is 17.4 Å². The summed E-state index contributed by atoms with van der Waals surface area (Å²) in [5.41, 5.74) is 3.57. The third-order valence-electron chi connectivity index (χ3n) is 4.08. The summed E-state index contributed by atoms with van der Waals surface area (Å²) in [5.74, 6) is 0.394. The molecule has 0 saturated carbocycles. The number of aromatic nitrogens is 2. The smallest absolute Gasteiger partial charge is 0.274 e. The van der Waals surface area contributed by atoms with Gasteiger partial charge in [-0.05, 0) is 36.1 Å². The van der Waals surface area contributed by atoms with Gasteiger partial charge in [-0.1, -0.05) is 49.4 Å². The van der Waals surface area contributed by atoms with Gasteiger partial charge in [0.15, 0.2) is 0 Å². The molecule has 0 aliphatic rings. The molecule has 1 heterocycles. The van der Waals surface area contributed by atoms with Gasteiger partial charge >= 0.3 is 0 Å². The molecule has 0 spiro atoms. The molecule has 5 heteroatoms. The summed E-state index contributed by atoms with van der Waals surface area (Å²) in [5, 5.41) is 6.10. The number of aryl methyl sites for hydroxylation is 1. The van der Waals surface area contributed by atoms with E-state index in [0.717, 1.165) is 25.1 Å². The lowest BCUT2D eigenvalue weighted by atomic mass is 10.1. The van der Waals surface area contributed by atoms with Crippen LogP contribution in [0.4, 0.5) is 11.5 Å². The SMILES string of the molecule is CCc1ccc(NC(=O)c2cc(NCCc3ccccc3)ncn2)cc1. The Morgan fingerprint density at radius 2 is 1.73 bits per heavy atom. The Labute approximate surface area is 153 Å². The molecule has 3 rings (SSSR count). The van der Waals surface area contributed by atoms with Crippen molar-refractivity contribution in [1.82, 2.24) is 9.97 Å². The van der Waals surface area contributed by atoms with Gasteiger partial charge in [-0.15, -0.1) is 0 Å². The molecule has 0 unspecified atom stereocenters. The summed E-state index contributed by atoms with van der Waals surface area (Å²) in [6, 6.07) is 19.7. The minimum absolute atomic E-state index is 0.247. The molecule has 0 aliphatic heterocycles. The number of carbonyl (C=O) groups is 1. The van der Waals surface area contributed by atoms with E-state index < -0.39 is 0 Å². The van der Waals surface area contributed by atoms with E-state index in [1.807, 2.05) is 42.5 Å². The minimum Gasteiger partial charge on any atom is -0.370 e. The number of benzene rings is 2. The van der Waals surface area contributed by atoms with Crippen LogP contribution in [0.15, 0.2) is 67.0 Å². The molecule has 1 amide bonds. The van der Waals surface area contributed by atoms with Crippen LogP contribution in [0.25, 0.3) is 0 Å².